The van der Waals surface area contributed by atoms with Crippen molar-refractivity contribution in [2.45, 2.75) is 18.7 Å². The second-order valence-electron chi connectivity index (χ2n) is 5.84. The molecule has 2 aliphatic heterocycles. The zero-order chi connectivity index (χ0) is 14.9. The topological polar surface area (TPSA) is 73.7 Å². The molecule has 2 aliphatic rings. The van der Waals surface area contributed by atoms with E-state index in [1.54, 1.807) is 6.20 Å². The SMILES string of the molecule is O=S1(=O)C[C@@H](N2CCN(Cc3ccccn3)CC2)[C@@H](O)C1. The summed E-state index contributed by atoms with van der Waals surface area (Å²) < 4.78 is 23.2. The van der Waals surface area contributed by atoms with Gasteiger partial charge in [0.15, 0.2) is 9.84 Å². The monoisotopic (exact) mass is 311 g/mol. The zero-order valence-electron chi connectivity index (χ0n) is 11.9. The standard InChI is InChI=1S/C14H21N3O3S/c18-14-11-21(19,20)10-13(14)17-7-5-16(6-8-17)9-12-3-1-2-4-15-12/h1-4,13-14,18H,5-11H2/t13-,14+/m1/s1. The molecule has 0 amide bonds. The summed E-state index contributed by atoms with van der Waals surface area (Å²) in [7, 11) is -3.07. The molecule has 0 radical (unpaired) electrons. The molecule has 1 N–H and O–H groups in total. The van der Waals surface area contributed by atoms with Gasteiger partial charge in [-0.3, -0.25) is 14.8 Å². The number of hydrogen-bond donors (Lipinski definition) is 1. The molecule has 3 heterocycles. The number of pyridine rings is 1. The third-order valence-electron chi connectivity index (χ3n) is 4.28. The van der Waals surface area contributed by atoms with Crippen LogP contribution in [0.15, 0.2) is 24.4 Å². The van der Waals surface area contributed by atoms with E-state index in [2.05, 4.69) is 14.8 Å². The van der Waals surface area contributed by atoms with Crippen LogP contribution >= 0.6 is 0 Å². The van der Waals surface area contributed by atoms with Crippen LogP contribution in [0.1, 0.15) is 5.69 Å². The fourth-order valence-corrected chi connectivity index (χ4v) is 4.97. The first-order valence-electron chi connectivity index (χ1n) is 7.28. The largest absolute Gasteiger partial charge is 0.390 e. The molecule has 0 saturated carbocycles. The first-order chi connectivity index (χ1) is 10.0. The van der Waals surface area contributed by atoms with Gasteiger partial charge in [0.2, 0.25) is 0 Å². The maximum Gasteiger partial charge on any atom is 0.154 e. The van der Waals surface area contributed by atoms with Crippen LogP contribution in [-0.4, -0.2) is 78.1 Å². The highest BCUT2D eigenvalue weighted by molar-refractivity contribution is 7.91. The van der Waals surface area contributed by atoms with Crippen molar-refractivity contribution in [2.24, 2.45) is 0 Å². The third-order valence-corrected chi connectivity index (χ3v) is 5.98. The van der Waals surface area contributed by atoms with Crippen molar-refractivity contribution in [3.8, 4) is 0 Å². The molecule has 2 fully saturated rings. The Bertz CT molecular complexity index is 570. The van der Waals surface area contributed by atoms with Gasteiger partial charge >= 0.3 is 0 Å². The zero-order valence-corrected chi connectivity index (χ0v) is 12.7. The van der Waals surface area contributed by atoms with E-state index in [-0.39, 0.29) is 17.5 Å². The predicted molar refractivity (Wildman–Crippen MR) is 79.5 cm³/mol. The minimum atomic E-state index is -3.07. The number of hydrogen-bond acceptors (Lipinski definition) is 6. The van der Waals surface area contributed by atoms with Crippen molar-refractivity contribution in [1.82, 2.24) is 14.8 Å². The summed E-state index contributed by atoms with van der Waals surface area (Å²) in [4.78, 5) is 8.76. The number of aliphatic hydroxyl groups is 1. The maximum atomic E-state index is 11.6. The van der Waals surface area contributed by atoms with Crippen molar-refractivity contribution in [3.05, 3.63) is 30.1 Å². The van der Waals surface area contributed by atoms with Gasteiger partial charge in [-0.2, -0.15) is 0 Å². The van der Waals surface area contributed by atoms with Gasteiger partial charge < -0.3 is 5.11 Å². The molecule has 1 aromatic rings. The van der Waals surface area contributed by atoms with Gasteiger partial charge in [0.05, 0.1) is 29.3 Å². The van der Waals surface area contributed by atoms with Crippen molar-refractivity contribution in [2.75, 3.05) is 37.7 Å². The number of aliphatic hydroxyl groups excluding tert-OH is 1. The van der Waals surface area contributed by atoms with Gasteiger partial charge in [0.25, 0.3) is 0 Å². The molecule has 2 atom stereocenters. The highest BCUT2D eigenvalue weighted by Crippen LogP contribution is 2.20. The molecule has 116 valence electrons. The van der Waals surface area contributed by atoms with Crippen LogP contribution in [0.4, 0.5) is 0 Å². The highest BCUT2D eigenvalue weighted by Gasteiger charge is 2.40. The average Bonchev–Trinajstić information content (AvgIpc) is 2.74. The van der Waals surface area contributed by atoms with Crippen LogP contribution in [0.5, 0.6) is 0 Å². The molecule has 6 nitrogen and oxygen atoms in total. The van der Waals surface area contributed by atoms with E-state index in [1.165, 1.54) is 0 Å². The molecule has 0 unspecified atom stereocenters. The number of sulfone groups is 1. The summed E-state index contributed by atoms with van der Waals surface area (Å²) in [5.41, 5.74) is 1.05. The fraction of sp³-hybridized carbons (Fsp3) is 0.643. The Kier molecular flexibility index (Phi) is 4.26. The molecule has 7 heteroatoms. The van der Waals surface area contributed by atoms with Crippen LogP contribution in [0.3, 0.4) is 0 Å². The molecular formula is C14H21N3O3S. The normalized spacial score (nSPS) is 30.5. The summed E-state index contributed by atoms with van der Waals surface area (Å²) in [6, 6.07) is 5.67. The molecule has 1 aromatic heterocycles. The lowest BCUT2D eigenvalue weighted by atomic mass is 10.1. The summed E-state index contributed by atoms with van der Waals surface area (Å²) >= 11 is 0. The number of aromatic nitrogens is 1. The molecular weight excluding hydrogens is 290 g/mol. The van der Waals surface area contributed by atoms with E-state index in [9.17, 15) is 13.5 Å². The number of piperazine rings is 1. The molecule has 3 rings (SSSR count). The Morgan fingerprint density at radius 1 is 1.19 bits per heavy atom. The van der Waals surface area contributed by atoms with Crippen LogP contribution in [-0.2, 0) is 16.4 Å². The average molecular weight is 311 g/mol. The van der Waals surface area contributed by atoms with Crippen LogP contribution < -0.4 is 0 Å². The first-order valence-corrected chi connectivity index (χ1v) is 9.10. The fourth-order valence-electron chi connectivity index (χ4n) is 3.13. The van der Waals surface area contributed by atoms with Gasteiger partial charge in [-0.05, 0) is 12.1 Å². The minimum Gasteiger partial charge on any atom is -0.390 e. The van der Waals surface area contributed by atoms with E-state index >= 15 is 0 Å². The first kappa shape index (κ1) is 14.9. The maximum absolute atomic E-state index is 11.6. The Labute approximate surface area is 125 Å². The third kappa shape index (κ3) is 3.60. The molecule has 21 heavy (non-hydrogen) atoms. The molecule has 0 aliphatic carbocycles. The summed E-state index contributed by atoms with van der Waals surface area (Å²) in [5, 5.41) is 9.93. The Morgan fingerprint density at radius 2 is 1.95 bits per heavy atom. The van der Waals surface area contributed by atoms with Gasteiger partial charge in [-0.1, -0.05) is 6.07 Å². The molecule has 0 aromatic carbocycles. The van der Waals surface area contributed by atoms with E-state index < -0.39 is 15.9 Å². The van der Waals surface area contributed by atoms with Crippen molar-refractivity contribution < 1.29 is 13.5 Å². The Morgan fingerprint density at radius 3 is 2.52 bits per heavy atom. The van der Waals surface area contributed by atoms with Gasteiger partial charge in [0.1, 0.15) is 0 Å². The van der Waals surface area contributed by atoms with E-state index in [1.807, 2.05) is 18.2 Å². The smallest absolute Gasteiger partial charge is 0.154 e. The second-order valence-corrected chi connectivity index (χ2v) is 8.00. The lowest BCUT2D eigenvalue weighted by Crippen LogP contribution is -2.53. The summed E-state index contributed by atoms with van der Waals surface area (Å²) in [6.45, 7) is 4.16. The minimum absolute atomic E-state index is 0.0915. The van der Waals surface area contributed by atoms with Crippen molar-refractivity contribution in [3.63, 3.8) is 0 Å². The molecule has 0 spiro atoms. The second kappa shape index (κ2) is 6.00. The Balaban J connectivity index is 1.54. The van der Waals surface area contributed by atoms with Gasteiger partial charge in [-0.15, -0.1) is 0 Å². The highest BCUT2D eigenvalue weighted by atomic mass is 32.2. The van der Waals surface area contributed by atoms with E-state index in [0.717, 1.165) is 38.4 Å². The summed E-state index contributed by atoms with van der Waals surface area (Å²) in [6.07, 6.45) is 1.06. The quantitative estimate of drug-likeness (QED) is 0.800. The number of rotatable bonds is 3. The van der Waals surface area contributed by atoms with E-state index in [0.29, 0.717) is 0 Å². The Hall–Kier alpha value is -1.02. The molecule has 0 bridgehead atoms. The van der Waals surface area contributed by atoms with Gasteiger partial charge in [0, 0.05) is 38.9 Å². The van der Waals surface area contributed by atoms with Crippen LogP contribution in [0.25, 0.3) is 0 Å². The van der Waals surface area contributed by atoms with E-state index in [4.69, 9.17) is 0 Å². The van der Waals surface area contributed by atoms with Crippen LogP contribution in [0.2, 0.25) is 0 Å². The lowest BCUT2D eigenvalue weighted by Gasteiger charge is -2.38. The van der Waals surface area contributed by atoms with Gasteiger partial charge in [-0.25, -0.2) is 8.42 Å². The van der Waals surface area contributed by atoms with Crippen molar-refractivity contribution in [1.29, 1.82) is 0 Å². The lowest BCUT2D eigenvalue weighted by molar-refractivity contribution is 0.0421. The van der Waals surface area contributed by atoms with Crippen LogP contribution in [0, 0.1) is 0 Å². The summed E-state index contributed by atoms with van der Waals surface area (Å²) in [5.74, 6) is 0.000222. The number of nitrogens with zero attached hydrogens (tertiary/aromatic N) is 3. The van der Waals surface area contributed by atoms with Crippen molar-refractivity contribution >= 4 is 9.84 Å². The molecule has 2 saturated heterocycles. The predicted octanol–water partition coefficient (Wildman–Crippen LogP) is -0.643.